The molecule has 0 unspecified atom stereocenters. The Balaban J connectivity index is 1.52. The summed E-state index contributed by atoms with van der Waals surface area (Å²) in [4.78, 5) is 4.18. The monoisotopic (exact) mass is 261 g/mol. The highest BCUT2D eigenvalue weighted by Gasteiger charge is 2.20. The van der Waals surface area contributed by atoms with Crippen LogP contribution in [0, 0.1) is 5.92 Å². The van der Waals surface area contributed by atoms with Gasteiger partial charge in [0.15, 0.2) is 5.96 Å². The summed E-state index contributed by atoms with van der Waals surface area (Å²) in [5.41, 5.74) is 1.21. The van der Waals surface area contributed by atoms with Crippen molar-refractivity contribution < 1.29 is 4.74 Å². The van der Waals surface area contributed by atoms with E-state index in [1.54, 1.807) is 7.05 Å². The van der Waals surface area contributed by atoms with Crippen molar-refractivity contribution in [3.05, 3.63) is 35.9 Å². The summed E-state index contributed by atoms with van der Waals surface area (Å²) in [5, 5.41) is 6.58. The predicted molar refractivity (Wildman–Crippen MR) is 78.2 cm³/mol. The maximum atomic E-state index is 5.61. The third-order valence-corrected chi connectivity index (χ3v) is 3.13. The molecule has 1 fully saturated rings. The summed E-state index contributed by atoms with van der Waals surface area (Å²) >= 11 is 0. The summed E-state index contributed by atoms with van der Waals surface area (Å²) in [6, 6.07) is 10.2. The maximum absolute atomic E-state index is 5.61. The topological polar surface area (TPSA) is 45.7 Å². The molecule has 0 atom stereocenters. The molecule has 0 aliphatic heterocycles. The molecule has 104 valence electrons. The first-order chi connectivity index (χ1) is 9.38. The Morgan fingerprint density at radius 3 is 2.74 bits per heavy atom. The number of hydrogen-bond donors (Lipinski definition) is 2. The zero-order valence-electron chi connectivity index (χ0n) is 11.6. The Morgan fingerprint density at radius 1 is 1.26 bits per heavy atom. The van der Waals surface area contributed by atoms with Gasteiger partial charge in [0, 0.05) is 20.1 Å². The Morgan fingerprint density at radius 2 is 2.05 bits per heavy atom. The van der Waals surface area contributed by atoms with Gasteiger partial charge in [0.2, 0.25) is 0 Å². The Labute approximate surface area is 115 Å². The molecule has 0 radical (unpaired) electrons. The third kappa shape index (κ3) is 5.75. The summed E-state index contributed by atoms with van der Waals surface area (Å²) in [6.45, 7) is 3.15. The van der Waals surface area contributed by atoms with Crippen molar-refractivity contribution >= 4 is 5.96 Å². The van der Waals surface area contributed by atoms with Gasteiger partial charge in [-0.3, -0.25) is 4.99 Å². The molecule has 2 rings (SSSR count). The highest BCUT2D eigenvalue weighted by Crippen LogP contribution is 2.27. The molecule has 0 saturated heterocycles. The highest BCUT2D eigenvalue weighted by molar-refractivity contribution is 5.79. The van der Waals surface area contributed by atoms with Crippen LogP contribution in [0.2, 0.25) is 0 Å². The van der Waals surface area contributed by atoms with Gasteiger partial charge in [-0.25, -0.2) is 0 Å². The van der Waals surface area contributed by atoms with E-state index in [4.69, 9.17) is 4.74 Å². The van der Waals surface area contributed by atoms with Crippen molar-refractivity contribution in [1.29, 1.82) is 0 Å². The van der Waals surface area contributed by atoms with Crippen LogP contribution in [0.3, 0.4) is 0 Å². The third-order valence-electron chi connectivity index (χ3n) is 3.13. The predicted octanol–water partition coefficient (Wildman–Crippen LogP) is 1.78. The molecule has 0 bridgehead atoms. The number of nitrogens with zero attached hydrogens (tertiary/aromatic N) is 1. The average molecular weight is 261 g/mol. The molecule has 1 saturated carbocycles. The molecule has 1 aromatic carbocycles. The standard InChI is InChI=1S/C15H23N3O/c1-16-15(18-11-13-7-8-13)17-9-10-19-12-14-5-3-2-4-6-14/h2-6,13H,7-12H2,1H3,(H2,16,17,18). The van der Waals surface area contributed by atoms with E-state index in [1.807, 2.05) is 18.2 Å². The van der Waals surface area contributed by atoms with Crippen LogP contribution in [0.1, 0.15) is 18.4 Å². The minimum atomic E-state index is 0.663. The molecule has 1 aliphatic carbocycles. The lowest BCUT2D eigenvalue weighted by atomic mass is 10.2. The smallest absolute Gasteiger partial charge is 0.191 e. The van der Waals surface area contributed by atoms with Crippen LogP contribution in [0.4, 0.5) is 0 Å². The van der Waals surface area contributed by atoms with E-state index in [-0.39, 0.29) is 0 Å². The maximum Gasteiger partial charge on any atom is 0.191 e. The van der Waals surface area contributed by atoms with Crippen LogP contribution in [0.25, 0.3) is 0 Å². The zero-order chi connectivity index (χ0) is 13.3. The molecule has 2 N–H and O–H groups in total. The van der Waals surface area contributed by atoms with E-state index in [0.29, 0.717) is 13.2 Å². The lowest BCUT2D eigenvalue weighted by molar-refractivity contribution is 0.125. The van der Waals surface area contributed by atoms with Crippen molar-refractivity contribution in [3.8, 4) is 0 Å². The minimum Gasteiger partial charge on any atom is -0.375 e. The van der Waals surface area contributed by atoms with Crippen molar-refractivity contribution in [2.24, 2.45) is 10.9 Å². The molecule has 0 aromatic heterocycles. The van der Waals surface area contributed by atoms with Crippen LogP contribution >= 0.6 is 0 Å². The van der Waals surface area contributed by atoms with E-state index < -0.39 is 0 Å². The second kappa shape index (κ2) is 7.79. The van der Waals surface area contributed by atoms with Gasteiger partial charge >= 0.3 is 0 Å². The molecule has 1 aromatic rings. The first-order valence-corrected chi connectivity index (χ1v) is 6.94. The molecule has 0 spiro atoms. The zero-order valence-corrected chi connectivity index (χ0v) is 11.6. The SMILES string of the molecule is CN=C(NCCOCc1ccccc1)NCC1CC1. The van der Waals surface area contributed by atoms with Crippen molar-refractivity contribution in [2.45, 2.75) is 19.4 Å². The van der Waals surface area contributed by atoms with Crippen molar-refractivity contribution in [2.75, 3.05) is 26.7 Å². The van der Waals surface area contributed by atoms with Crippen LogP contribution in [-0.4, -0.2) is 32.7 Å². The van der Waals surface area contributed by atoms with Crippen LogP contribution in [-0.2, 0) is 11.3 Å². The molecular weight excluding hydrogens is 238 g/mol. The number of nitrogens with one attached hydrogen (secondary N) is 2. The van der Waals surface area contributed by atoms with E-state index in [9.17, 15) is 0 Å². The lowest BCUT2D eigenvalue weighted by Gasteiger charge is -2.11. The second-order valence-corrected chi connectivity index (χ2v) is 4.86. The van der Waals surface area contributed by atoms with E-state index in [2.05, 4.69) is 27.8 Å². The number of guanidine groups is 1. The summed E-state index contributed by atoms with van der Waals surface area (Å²) < 4.78 is 5.61. The van der Waals surface area contributed by atoms with Gasteiger partial charge in [-0.2, -0.15) is 0 Å². The normalized spacial score (nSPS) is 15.3. The van der Waals surface area contributed by atoms with Gasteiger partial charge in [0.25, 0.3) is 0 Å². The molecule has 1 aliphatic rings. The summed E-state index contributed by atoms with van der Waals surface area (Å²) in [7, 11) is 1.80. The molecule has 4 nitrogen and oxygen atoms in total. The van der Waals surface area contributed by atoms with Crippen molar-refractivity contribution in [3.63, 3.8) is 0 Å². The lowest BCUT2D eigenvalue weighted by Crippen LogP contribution is -2.39. The Kier molecular flexibility index (Phi) is 5.69. The Hall–Kier alpha value is -1.55. The largest absolute Gasteiger partial charge is 0.375 e. The van der Waals surface area contributed by atoms with E-state index in [1.165, 1.54) is 18.4 Å². The number of rotatable bonds is 7. The fourth-order valence-corrected chi connectivity index (χ4v) is 1.79. The van der Waals surface area contributed by atoms with E-state index in [0.717, 1.165) is 25.0 Å². The van der Waals surface area contributed by atoms with E-state index >= 15 is 0 Å². The van der Waals surface area contributed by atoms with Gasteiger partial charge in [0.05, 0.1) is 13.2 Å². The number of aliphatic imine (C=N–C) groups is 1. The van der Waals surface area contributed by atoms with Gasteiger partial charge in [-0.05, 0) is 24.3 Å². The Bertz CT molecular complexity index is 388. The van der Waals surface area contributed by atoms with Crippen LogP contribution in [0.5, 0.6) is 0 Å². The molecule has 0 heterocycles. The van der Waals surface area contributed by atoms with Crippen LogP contribution < -0.4 is 10.6 Å². The first kappa shape index (κ1) is 13.9. The number of benzene rings is 1. The number of ether oxygens (including phenoxy) is 1. The summed E-state index contributed by atoms with van der Waals surface area (Å²) in [5.74, 6) is 1.73. The van der Waals surface area contributed by atoms with Gasteiger partial charge in [-0.15, -0.1) is 0 Å². The molecule has 0 amide bonds. The molecular formula is C15H23N3O. The van der Waals surface area contributed by atoms with Gasteiger partial charge in [0.1, 0.15) is 0 Å². The second-order valence-electron chi connectivity index (χ2n) is 4.86. The number of hydrogen-bond acceptors (Lipinski definition) is 2. The van der Waals surface area contributed by atoms with Crippen LogP contribution in [0.15, 0.2) is 35.3 Å². The summed E-state index contributed by atoms with van der Waals surface area (Å²) in [6.07, 6.45) is 2.70. The van der Waals surface area contributed by atoms with Gasteiger partial charge in [-0.1, -0.05) is 30.3 Å². The fourth-order valence-electron chi connectivity index (χ4n) is 1.79. The minimum absolute atomic E-state index is 0.663. The molecule has 19 heavy (non-hydrogen) atoms. The van der Waals surface area contributed by atoms with Crippen molar-refractivity contribution in [1.82, 2.24) is 10.6 Å². The average Bonchev–Trinajstić information content (AvgIpc) is 3.27. The first-order valence-electron chi connectivity index (χ1n) is 6.94. The van der Waals surface area contributed by atoms with Gasteiger partial charge < -0.3 is 15.4 Å². The fraction of sp³-hybridized carbons (Fsp3) is 0.533. The quantitative estimate of drug-likeness (QED) is 0.447. The molecule has 4 heteroatoms. The highest BCUT2D eigenvalue weighted by atomic mass is 16.5.